The summed E-state index contributed by atoms with van der Waals surface area (Å²) in [6.45, 7) is 15.9. The lowest BCUT2D eigenvalue weighted by atomic mass is 10.1. The van der Waals surface area contributed by atoms with Gasteiger partial charge in [0.15, 0.2) is 0 Å². The van der Waals surface area contributed by atoms with Crippen LogP contribution in [0, 0.1) is 19.8 Å². The second-order valence-corrected chi connectivity index (χ2v) is 8.54. The van der Waals surface area contributed by atoms with Gasteiger partial charge in [-0.05, 0) is 76.7 Å². The topological polar surface area (TPSA) is 86.4 Å². The molecule has 7 nitrogen and oxygen atoms in total. The van der Waals surface area contributed by atoms with E-state index in [-0.39, 0.29) is 11.7 Å². The van der Waals surface area contributed by atoms with Crippen molar-refractivity contribution in [2.75, 3.05) is 39.1 Å². The molecule has 33 heavy (non-hydrogen) atoms. The van der Waals surface area contributed by atoms with Crippen LogP contribution in [0.1, 0.15) is 55.8 Å². The highest BCUT2D eigenvalue weighted by Crippen LogP contribution is 2.16. The highest BCUT2D eigenvalue weighted by Gasteiger charge is 2.12. The predicted molar refractivity (Wildman–Crippen MR) is 138 cm³/mol. The van der Waals surface area contributed by atoms with Crippen molar-refractivity contribution in [1.82, 2.24) is 19.7 Å². The molecule has 2 aromatic heterocycles. The third kappa shape index (κ3) is 9.96. The summed E-state index contributed by atoms with van der Waals surface area (Å²) in [5, 5.41) is 24.5. The van der Waals surface area contributed by atoms with Crippen molar-refractivity contribution in [3.05, 3.63) is 53.2 Å². The summed E-state index contributed by atoms with van der Waals surface area (Å²) in [6, 6.07) is 6.48. The monoisotopic (exact) mass is 459 g/mol. The molecule has 0 aliphatic heterocycles. The number of hydrogen-bond donors (Lipinski definition) is 3. The van der Waals surface area contributed by atoms with Gasteiger partial charge in [0, 0.05) is 38.0 Å². The normalized spacial score (nSPS) is 11.8. The van der Waals surface area contributed by atoms with Crippen LogP contribution in [0.15, 0.2) is 30.5 Å². The average Bonchev–Trinajstić information content (AvgIpc) is 3.15. The fraction of sp³-hybridized carbons (Fsp3) is 0.615. The lowest BCUT2D eigenvalue weighted by Gasteiger charge is -2.24. The highest BCUT2D eigenvalue weighted by molar-refractivity contribution is 5.44. The molecule has 0 spiro atoms. The number of hydrogen-bond acceptors (Lipinski definition) is 6. The van der Waals surface area contributed by atoms with E-state index in [0.29, 0.717) is 0 Å². The molecule has 1 atom stereocenters. The Kier molecular flexibility index (Phi) is 13.4. The molecule has 0 radical (unpaired) electrons. The maximum Gasteiger partial charge on any atom is 0.129 e. The maximum atomic E-state index is 9.66. The Morgan fingerprint density at radius 1 is 1.18 bits per heavy atom. The van der Waals surface area contributed by atoms with E-state index in [4.69, 9.17) is 10.1 Å². The molecule has 0 aromatic carbocycles. The van der Waals surface area contributed by atoms with Crippen molar-refractivity contribution in [2.24, 2.45) is 5.92 Å². The first-order chi connectivity index (χ1) is 15.8. The molecule has 0 bridgehead atoms. The van der Waals surface area contributed by atoms with Gasteiger partial charge in [0.2, 0.25) is 0 Å². The van der Waals surface area contributed by atoms with Gasteiger partial charge in [-0.2, -0.15) is 5.10 Å². The number of allylic oxidation sites excluding steroid dienone is 1. The van der Waals surface area contributed by atoms with Crippen LogP contribution >= 0.6 is 0 Å². The van der Waals surface area contributed by atoms with Gasteiger partial charge in [-0.1, -0.05) is 26.5 Å². The Balaban J connectivity index is 0.00000265. The molecule has 2 aromatic rings. The average molecular weight is 460 g/mol. The Morgan fingerprint density at radius 2 is 1.91 bits per heavy atom. The van der Waals surface area contributed by atoms with Crippen molar-refractivity contribution in [3.63, 3.8) is 0 Å². The molecule has 7 heteroatoms. The molecule has 0 aliphatic carbocycles. The number of aliphatic hydroxyl groups is 2. The minimum Gasteiger partial charge on any atom is -0.513 e. The molecule has 2 rings (SSSR count). The number of aliphatic hydroxyl groups excluding tert-OH is 2. The number of nitrogens with one attached hydrogen (secondary N) is 1. The Morgan fingerprint density at radius 3 is 2.48 bits per heavy atom. The summed E-state index contributed by atoms with van der Waals surface area (Å²) in [7, 11) is 2.94. The van der Waals surface area contributed by atoms with E-state index < -0.39 is 0 Å². The SMILES string of the molecule is C=C(O)C(C)CCN(CCCCc1ccc(CC)c(NC)n1)CCn1nc(C)cc1C.CO. The van der Waals surface area contributed by atoms with Crippen LogP contribution in [0.4, 0.5) is 5.82 Å². The van der Waals surface area contributed by atoms with Crippen LogP contribution < -0.4 is 5.32 Å². The summed E-state index contributed by atoms with van der Waals surface area (Å²) in [5.74, 6) is 1.41. The molecule has 0 aliphatic rings. The van der Waals surface area contributed by atoms with E-state index >= 15 is 0 Å². The molecule has 186 valence electrons. The van der Waals surface area contributed by atoms with E-state index in [0.717, 1.165) is 82.6 Å². The van der Waals surface area contributed by atoms with Crippen LogP contribution in [-0.4, -0.2) is 63.7 Å². The van der Waals surface area contributed by atoms with Crippen LogP contribution in [0.2, 0.25) is 0 Å². The van der Waals surface area contributed by atoms with E-state index in [1.165, 1.54) is 11.3 Å². The zero-order chi connectivity index (χ0) is 24.8. The smallest absolute Gasteiger partial charge is 0.129 e. The van der Waals surface area contributed by atoms with E-state index in [1.54, 1.807) is 0 Å². The molecular weight excluding hydrogens is 414 g/mol. The highest BCUT2D eigenvalue weighted by atomic mass is 16.3. The van der Waals surface area contributed by atoms with Crippen LogP contribution in [0.25, 0.3) is 0 Å². The maximum absolute atomic E-state index is 9.66. The molecule has 0 saturated carbocycles. The minimum absolute atomic E-state index is 0.123. The number of unbranched alkanes of at least 4 members (excludes halogenated alkanes) is 1. The second kappa shape index (κ2) is 15.5. The number of pyridine rings is 1. The van der Waals surface area contributed by atoms with Gasteiger partial charge < -0.3 is 20.4 Å². The van der Waals surface area contributed by atoms with Gasteiger partial charge >= 0.3 is 0 Å². The predicted octanol–water partition coefficient (Wildman–Crippen LogP) is 4.53. The van der Waals surface area contributed by atoms with Gasteiger partial charge in [-0.25, -0.2) is 4.98 Å². The number of rotatable bonds is 14. The summed E-state index contributed by atoms with van der Waals surface area (Å²) >= 11 is 0. The zero-order valence-corrected chi connectivity index (χ0v) is 21.6. The van der Waals surface area contributed by atoms with Gasteiger partial charge in [0.25, 0.3) is 0 Å². The van der Waals surface area contributed by atoms with Gasteiger partial charge in [-0.3, -0.25) is 4.68 Å². The summed E-state index contributed by atoms with van der Waals surface area (Å²) < 4.78 is 2.09. The Bertz CT molecular complexity index is 834. The van der Waals surface area contributed by atoms with Crippen LogP contribution in [0.5, 0.6) is 0 Å². The van der Waals surface area contributed by atoms with Gasteiger partial charge in [0.05, 0.1) is 18.0 Å². The van der Waals surface area contributed by atoms with Crippen LogP contribution in [-0.2, 0) is 19.4 Å². The lowest BCUT2D eigenvalue weighted by molar-refractivity contribution is 0.228. The summed E-state index contributed by atoms with van der Waals surface area (Å²) in [6.07, 6.45) is 5.14. The largest absolute Gasteiger partial charge is 0.513 e. The first-order valence-electron chi connectivity index (χ1n) is 12.1. The van der Waals surface area contributed by atoms with E-state index in [1.807, 2.05) is 20.9 Å². The summed E-state index contributed by atoms with van der Waals surface area (Å²) in [5.41, 5.74) is 4.69. The van der Waals surface area contributed by atoms with Crippen molar-refractivity contribution < 1.29 is 10.2 Å². The molecule has 0 saturated heterocycles. The molecule has 0 amide bonds. The van der Waals surface area contributed by atoms with Crippen LogP contribution in [0.3, 0.4) is 0 Å². The zero-order valence-electron chi connectivity index (χ0n) is 21.6. The van der Waals surface area contributed by atoms with Crippen molar-refractivity contribution in [2.45, 2.75) is 66.3 Å². The number of nitrogens with zero attached hydrogens (tertiary/aromatic N) is 4. The number of anilines is 1. The quantitative estimate of drug-likeness (QED) is 0.284. The Labute approximate surface area is 200 Å². The van der Waals surface area contributed by atoms with Crippen molar-refractivity contribution in [1.29, 1.82) is 0 Å². The standard InChI is InChI=1S/C25H41N5O.CH4O/c1-7-23-11-12-24(27-25(23)26-6)10-8-9-14-29(15-13-19(2)22(5)31)16-17-30-21(4)18-20(3)28-30;1-2/h11-12,18-19,31H,5,7-10,13-17H2,1-4,6H3,(H,26,27);2H,1H3. The van der Waals surface area contributed by atoms with Gasteiger partial charge in [0.1, 0.15) is 5.82 Å². The molecular formula is C26H45N5O2. The Hall–Kier alpha value is -2.38. The van der Waals surface area contributed by atoms with E-state index in [2.05, 4.69) is 58.6 Å². The summed E-state index contributed by atoms with van der Waals surface area (Å²) in [4.78, 5) is 7.26. The third-order valence-corrected chi connectivity index (χ3v) is 5.99. The first kappa shape index (κ1) is 28.7. The fourth-order valence-corrected chi connectivity index (χ4v) is 3.83. The molecule has 2 heterocycles. The number of aromatic nitrogens is 3. The molecule has 1 unspecified atom stereocenters. The number of aryl methyl sites for hydroxylation is 4. The van der Waals surface area contributed by atoms with E-state index in [9.17, 15) is 5.11 Å². The third-order valence-electron chi connectivity index (χ3n) is 5.99. The minimum atomic E-state index is 0.123. The lowest BCUT2D eigenvalue weighted by Crippen LogP contribution is -2.31. The first-order valence-corrected chi connectivity index (χ1v) is 12.1. The van der Waals surface area contributed by atoms with Crippen molar-refractivity contribution in [3.8, 4) is 0 Å². The van der Waals surface area contributed by atoms with Gasteiger partial charge in [-0.15, -0.1) is 0 Å². The second-order valence-electron chi connectivity index (χ2n) is 8.54. The molecule has 3 N–H and O–H groups in total. The molecule has 0 fully saturated rings. The van der Waals surface area contributed by atoms with Crippen molar-refractivity contribution >= 4 is 5.82 Å². The fourth-order valence-electron chi connectivity index (χ4n) is 3.83.